The van der Waals surface area contributed by atoms with Gasteiger partial charge in [0, 0.05) is 44.7 Å². The number of benzene rings is 1. The molecule has 8 heteroatoms. The third-order valence-electron chi connectivity index (χ3n) is 4.59. The predicted octanol–water partition coefficient (Wildman–Crippen LogP) is 1.29. The molecule has 1 amide bonds. The lowest BCUT2D eigenvalue weighted by Gasteiger charge is -2.36. The Morgan fingerprint density at radius 3 is 2.74 bits per heavy atom. The minimum atomic E-state index is -3.41. The summed E-state index contributed by atoms with van der Waals surface area (Å²) in [6.07, 6.45) is 3.47. The lowest BCUT2D eigenvalue weighted by atomic mass is 10.0. The van der Waals surface area contributed by atoms with Crippen molar-refractivity contribution in [2.45, 2.75) is 10.9 Å². The van der Waals surface area contributed by atoms with Gasteiger partial charge in [0.2, 0.25) is 0 Å². The number of nitrogens with one attached hydrogen (secondary N) is 1. The van der Waals surface area contributed by atoms with Crippen LogP contribution in [0.3, 0.4) is 0 Å². The number of pyridine rings is 1. The van der Waals surface area contributed by atoms with Crippen LogP contribution in [0.5, 0.6) is 0 Å². The van der Waals surface area contributed by atoms with E-state index in [9.17, 15) is 13.2 Å². The van der Waals surface area contributed by atoms with E-state index in [-0.39, 0.29) is 29.2 Å². The Hall–Kier alpha value is -2.29. The highest BCUT2D eigenvalue weighted by atomic mass is 32.2. The van der Waals surface area contributed by atoms with Gasteiger partial charge in [-0.1, -0.05) is 6.07 Å². The fraction of sp³-hybridized carbons (Fsp3) is 0.368. The number of piperazine rings is 1. The van der Waals surface area contributed by atoms with E-state index in [0.29, 0.717) is 25.2 Å². The lowest BCUT2D eigenvalue weighted by Crippen LogP contribution is -2.48. The molecule has 144 valence electrons. The highest BCUT2D eigenvalue weighted by Gasteiger charge is 2.29. The number of amides is 1. The van der Waals surface area contributed by atoms with Gasteiger partial charge in [-0.25, -0.2) is 8.42 Å². The van der Waals surface area contributed by atoms with Crippen molar-refractivity contribution in [3.8, 4) is 0 Å². The fourth-order valence-corrected chi connectivity index (χ4v) is 4.27. The van der Waals surface area contributed by atoms with Crippen molar-refractivity contribution in [1.29, 1.82) is 0 Å². The van der Waals surface area contributed by atoms with Gasteiger partial charge >= 0.3 is 0 Å². The first-order valence-corrected chi connectivity index (χ1v) is 10.4. The zero-order chi connectivity index (χ0) is 19.3. The van der Waals surface area contributed by atoms with Gasteiger partial charge < -0.3 is 15.0 Å². The minimum absolute atomic E-state index is 0.0856. The number of aromatic nitrogens is 1. The predicted molar refractivity (Wildman–Crippen MR) is 101 cm³/mol. The van der Waals surface area contributed by atoms with Crippen molar-refractivity contribution < 1.29 is 17.9 Å². The van der Waals surface area contributed by atoms with E-state index in [2.05, 4.69) is 10.3 Å². The van der Waals surface area contributed by atoms with Gasteiger partial charge in [-0.2, -0.15) is 0 Å². The van der Waals surface area contributed by atoms with Crippen molar-refractivity contribution >= 4 is 15.7 Å². The maximum atomic E-state index is 13.0. The van der Waals surface area contributed by atoms with Crippen LogP contribution in [0.25, 0.3) is 0 Å². The molecule has 0 aliphatic carbocycles. The van der Waals surface area contributed by atoms with E-state index in [1.165, 1.54) is 19.2 Å². The first kappa shape index (κ1) is 19.5. The van der Waals surface area contributed by atoms with Crippen LogP contribution in [0.15, 0.2) is 53.7 Å². The summed E-state index contributed by atoms with van der Waals surface area (Å²) in [7, 11) is -1.95. The first-order valence-electron chi connectivity index (χ1n) is 8.76. The number of sulfone groups is 1. The van der Waals surface area contributed by atoms with Crippen LogP contribution in [0.4, 0.5) is 0 Å². The van der Waals surface area contributed by atoms with Crippen molar-refractivity contribution in [3.05, 3.63) is 59.9 Å². The molecule has 0 saturated carbocycles. The number of carbonyl (C=O) groups is 1. The van der Waals surface area contributed by atoms with Crippen LogP contribution in [0, 0.1) is 0 Å². The molecule has 27 heavy (non-hydrogen) atoms. The average Bonchev–Trinajstić information content (AvgIpc) is 2.72. The van der Waals surface area contributed by atoms with E-state index < -0.39 is 9.84 Å². The van der Waals surface area contributed by atoms with E-state index in [1.807, 2.05) is 17.0 Å². The molecule has 1 aliphatic rings. The van der Waals surface area contributed by atoms with Crippen LogP contribution < -0.4 is 5.32 Å². The van der Waals surface area contributed by atoms with Gasteiger partial charge in [0.25, 0.3) is 5.91 Å². The second kappa shape index (κ2) is 8.60. The van der Waals surface area contributed by atoms with Gasteiger partial charge in [-0.15, -0.1) is 0 Å². The van der Waals surface area contributed by atoms with E-state index in [0.717, 1.165) is 5.56 Å². The van der Waals surface area contributed by atoms with Crippen LogP contribution in [0.1, 0.15) is 22.0 Å². The van der Waals surface area contributed by atoms with Crippen molar-refractivity contribution in [2.75, 3.05) is 39.1 Å². The van der Waals surface area contributed by atoms with Crippen molar-refractivity contribution in [2.24, 2.45) is 0 Å². The van der Waals surface area contributed by atoms with Crippen LogP contribution in [0.2, 0.25) is 0 Å². The Morgan fingerprint density at radius 2 is 2.07 bits per heavy atom. The number of hydrogen-bond donors (Lipinski definition) is 1. The van der Waals surface area contributed by atoms with E-state index in [1.54, 1.807) is 24.5 Å². The highest BCUT2D eigenvalue weighted by molar-refractivity contribution is 7.91. The number of nitrogens with zero attached hydrogens (tertiary/aromatic N) is 2. The summed E-state index contributed by atoms with van der Waals surface area (Å²) in [4.78, 5) is 19.2. The van der Waals surface area contributed by atoms with Gasteiger partial charge in [-0.3, -0.25) is 9.78 Å². The van der Waals surface area contributed by atoms with E-state index in [4.69, 9.17) is 4.74 Å². The monoisotopic (exact) mass is 389 g/mol. The molecular formula is C19H23N3O4S. The molecule has 1 N–H and O–H groups in total. The molecular weight excluding hydrogens is 366 g/mol. The molecule has 0 spiro atoms. The summed E-state index contributed by atoms with van der Waals surface area (Å²) in [6.45, 7) is 2.08. The molecule has 1 atom stereocenters. The van der Waals surface area contributed by atoms with Gasteiger partial charge in [-0.05, 0) is 35.9 Å². The normalized spacial score (nSPS) is 17.7. The number of methoxy groups -OCH3 is 1. The van der Waals surface area contributed by atoms with Crippen molar-refractivity contribution in [3.63, 3.8) is 0 Å². The number of carbonyl (C=O) groups excluding carboxylic acids is 1. The molecule has 3 rings (SSSR count). The molecule has 1 aromatic carbocycles. The fourth-order valence-electron chi connectivity index (χ4n) is 3.10. The van der Waals surface area contributed by atoms with Gasteiger partial charge in [0.15, 0.2) is 9.84 Å². The Balaban J connectivity index is 1.80. The highest BCUT2D eigenvalue weighted by Crippen LogP contribution is 2.24. The molecule has 2 aromatic rings. The third-order valence-corrected chi connectivity index (χ3v) is 6.28. The molecule has 1 aliphatic heterocycles. The van der Waals surface area contributed by atoms with Crippen LogP contribution in [-0.4, -0.2) is 63.3 Å². The number of ether oxygens (including phenoxy) is 1. The summed E-state index contributed by atoms with van der Waals surface area (Å²) in [5, 5.41) is 3.31. The van der Waals surface area contributed by atoms with Gasteiger partial charge in [0.1, 0.15) is 0 Å². The maximum absolute atomic E-state index is 13.0. The SMILES string of the molecule is COCCS(=O)(=O)c1ccc(C(=O)N2CCNCC2c2cccnc2)cc1. The summed E-state index contributed by atoms with van der Waals surface area (Å²) in [5.41, 5.74) is 1.44. The average molecular weight is 389 g/mol. The smallest absolute Gasteiger partial charge is 0.254 e. The Morgan fingerprint density at radius 1 is 1.30 bits per heavy atom. The van der Waals surface area contributed by atoms with Crippen LogP contribution in [-0.2, 0) is 14.6 Å². The minimum Gasteiger partial charge on any atom is -0.384 e. The second-order valence-electron chi connectivity index (χ2n) is 6.34. The number of rotatable bonds is 6. The lowest BCUT2D eigenvalue weighted by molar-refractivity contribution is 0.0634. The zero-order valence-corrected chi connectivity index (χ0v) is 16.0. The number of hydrogen-bond acceptors (Lipinski definition) is 6. The Labute approximate surface area is 159 Å². The Bertz CT molecular complexity index is 870. The quantitative estimate of drug-likeness (QED) is 0.801. The molecule has 1 aromatic heterocycles. The molecule has 7 nitrogen and oxygen atoms in total. The largest absolute Gasteiger partial charge is 0.384 e. The molecule has 1 unspecified atom stereocenters. The summed E-state index contributed by atoms with van der Waals surface area (Å²) in [5.74, 6) is -0.205. The first-order chi connectivity index (χ1) is 13.0. The topological polar surface area (TPSA) is 88.6 Å². The van der Waals surface area contributed by atoms with E-state index >= 15 is 0 Å². The summed E-state index contributed by atoms with van der Waals surface area (Å²) in [6, 6.07) is 9.82. The van der Waals surface area contributed by atoms with Gasteiger partial charge in [0.05, 0.1) is 23.3 Å². The Kier molecular flexibility index (Phi) is 6.20. The maximum Gasteiger partial charge on any atom is 0.254 e. The molecule has 0 bridgehead atoms. The summed E-state index contributed by atoms with van der Waals surface area (Å²) >= 11 is 0. The molecule has 0 radical (unpaired) electrons. The third kappa shape index (κ3) is 4.52. The standard InChI is InChI=1S/C19H23N3O4S/c1-26-11-12-27(24,25)17-6-4-15(5-7-17)19(23)22-10-9-21-14-18(22)16-3-2-8-20-13-16/h2-8,13,18,21H,9-12,14H2,1H3. The second-order valence-corrected chi connectivity index (χ2v) is 8.45. The molecule has 1 saturated heterocycles. The molecule has 2 heterocycles. The molecule has 1 fully saturated rings. The summed E-state index contributed by atoms with van der Waals surface area (Å²) < 4.78 is 29.3. The van der Waals surface area contributed by atoms with Crippen molar-refractivity contribution in [1.82, 2.24) is 15.2 Å². The van der Waals surface area contributed by atoms with Crippen LogP contribution >= 0.6 is 0 Å². The zero-order valence-electron chi connectivity index (χ0n) is 15.2.